The maximum atomic E-state index is 13.0. The monoisotopic (exact) mass is 171 g/mol. The van der Waals surface area contributed by atoms with Gasteiger partial charge in [-0.05, 0) is 6.42 Å². The second-order valence-electron chi connectivity index (χ2n) is 3.99. The molecule has 2 atom stereocenters. The quantitative estimate of drug-likeness (QED) is 0.588. The van der Waals surface area contributed by atoms with E-state index in [1.165, 1.54) is 0 Å². The van der Waals surface area contributed by atoms with Crippen molar-refractivity contribution in [2.75, 3.05) is 19.7 Å². The Morgan fingerprint density at radius 2 is 2.50 bits per heavy atom. The first-order chi connectivity index (χ1) is 5.66. The second-order valence-corrected chi connectivity index (χ2v) is 3.99. The predicted octanol–water partition coefficient (Wildman–Crippen LogP) is 0.721. The Morgan fingerprint density at radius 1 is 1.75 bits per heavy atom. The molecule has 0 spiro atoms. The Morgan fingerprint density at radius 3 is 3.08 bits per heavy atom. The molecule has 12 heavy (non-hydrogen) atoms. The second kappa shape index (κ2) is 2.54. The van der Waals surface area contributed by atoms with E-state index in [0.29, 0.717) is 13.0 Å². The zero-order chi connectivity index (χ0) is 8.77. The summed E-state index contributed by atoms with van der Waals surface area (Å²) in [4.78, 5) is 2.03. The third kappa shape index (κ3) is 1.00. The lowest BCUT2D eigenvalue weighted by Gasteiger charge is -2.28. The first kappa shape index (κ1) is 8.20. The number of rotatable bonds is 1. The maximum absolute atomic E-state index is 13.0. The van der Waals surface area contributed by atoms with Crippen LogP contribution in [0.5, 0.6) is 0 Å². The summed E-state index contributed by atoms with van der Waals surface area (Å²) in [5.74, 6) is 0. The molecule has 2 fully saturated rings. The largest absolute Gasteiger partial charge is 0.394 e. The number of hydrogen-bond donors (Lipinski definition) is 1. The van der Waals surface area contributed by atoms with Gasteiger partial charge in [0.2, 0.25) is 0 Å². The smallest absolute Gasteiger partial charge is 0.115 e. The van der Waals surface area contributed by atoms with Crippen molar-refractivity contribution in [1.82, 2.24) is 4.90 Å². The third-order valence-corrected chi connectivity index (χ3v) is 2.98. The molecule has 68 valence electrons. The number of nitrogens with zero attached hydrogens (tertiary/aromatic N) is 1. The number of hydrogen-bond acceptors (Lipinski definition) is 2. The molecule has 0 aromatic rings. The van der Waals surface area contributed by atoms with Crippen molar-refractivity contribution in [2.45, 2.75) is 24.6 Å². The summed E-state index contributed by atoms with van der Waals surface area (Å²) >= 11 is 0. The normalized spacial score (nSPS) is 42.2. The fourth-order valence-electron chi connectivity index (χ4n) is 2.47. The van der Waals surface area contributed by atoms with E-state index in [9.17, 15) is 9.50 Å². The van der Waals surface area contributed by atoms with Crippen molar-refractivity contribution >= 4 is 0 Å². The number of fused-ring (bicyclic) bond motifs is 1. The summed E-state index contributed by atoms with van der Waals surface area (Å²) < 4.78 is 13.0. The molecule has 0 aliphatic carbocycles. The van der Waals surface area contributed by atoms with Crippen molar-refractivity contribution < 1.29 is 9.50 Å². The lowest BCUT2D eigenvalue weighted by Crippen LogP contribution is -2.41. The van der Waals surface area contributed by atoms with Crippen LogP contribution in [0.3, 0.4) is 0 Å². The molecule has 3 heteroatoms. The van der Waals surface area contributed by atoms with Crippen LogP contribution in [0.2, 0.25) is 0 Å². The standard InChI is InChI=1S/C9H14FNO/c1-7-2-9(6-12)3-8(10)5-11(9)4-7/h8,12H,1-6H2/t8?,9-/m0/s1. The summed E-state index contributed by atoms with van der Waals surface area (Å²) in [5.41, 5.74) is 0.826. The van der Waals surface area contributed by atoms with E-state index in [4.69, 9.17) is 0 Å². The number of alkyl halides is 1. The molecular formula is C9H14FNO. The molecule has 0 aromatic heterocycles. The highest BCUT2D eigenvalue weighted by atomic mass is 19.1. The summed E-state index contributed by atoms with van der Waals surface area (Å²) in [6, 6.07) is 0. The predicted molar refractivity (Wildman–Crippen MR) is 44.7 cm³/mol. The van der Waals surface area contributed by atoms with Gasteiger partial charge in [-0.15, -0.1) is 0 Å². The molecule has 0 saturated carbocycles. The zero-order valence-electron chi connectivity index (χ0n) is 7.09. The summed E-state index contributed by atoms with van der Waals surface area (Å²) in [6.45, 7) is 5.18. The maximum Gasteiger partial charge on any atom is 0.115 e. The zero-order valence-corrected chi connectivity index (χ0v) is 7.09. The molecule has 2 rings (SSSR count). The average molecular weight is 171 g/mol. The molecule has 0 amide bonds. The Balaban J connectivity index is 2.21. The highest BCUT2D eigenvalue weighted by Crippen LogP contribution is 2.41. The molecular weight excluding hydrogens is 157 g/mol. The Bertz CT molecular complexity index is 219. The van der Waals surface area contributed by atoms with Crippen molar-refractivity contribution in [3.8, 4) is 0 Å². The van der Waals surface area contributed by atoms with Crippen molar-refractivity contribution in [3.63, 3.8) is 0 Å². The van der Waals surface area contributed by atoms with Crippen LogP contribution in [-0.4, -0.2) is 41.4 Å². The molecule has 1 unspecified atom stereocenters. The van der Waals surface area contributed by atoms with E-state index in [1.54, 1.807) is 0 Å². The fraction of sp³-hybridized carbons (Fsp3) is 0.778. The Kier molecular flexibility index (Phi) is 1.73. The van der Waals surface area contributed by atoms with Crippen LogP contribution in [0.4, 0.5) is 4.39 Å². The van der Waals surface area contributed by atoms with Crippen LogP contribution in [0.1, 0.15) is 12.8 Å². The molecule has 2 nitrogen and oxygen atoms in total. The van der Waals surface area contributed by atoms with E-state index in [2.05, 4.69) is 6.58 Å². The molecule has 0 radical (unpaired) electrons. The molecule has 0 aromatic carbocycles. The van der Waals surface area contributed by atoms with Gasteiger partial charge < -0.3 is 5.11 Å². The molecule has 2 heterocycles. The lowest BCUT2D eigenvalue weighted by atomic mass is 9.93. The fourth-order valence-corrected chi connectivity index (χ4v) is 2.47. The minimum Gasteiger partial charge on any atom is -0.394 e. The number of aliphatic hydroxyl groups is 1. The van der Waals surface area contributed by atoms with E-state index in [1.807, 2.05) is 4.90 Å². The van der Waals surface area contributed by atoms with Gasteiger partial charge in [0.05, 0.1) is 12.1 Å². The van der Waals surface area contributed by atoms with Crippen molar-refractivity contribution in [1.29, 1.82) is 0 Å². The van der Waals surface area contributed by atoms with Gasteiger partial charge in [-0.3, -0.25) is 4.90 Å². The van der Waals surface area contributed by atoms with Gasteiger partial charge in [0.25, 0.3) is 0 Å². The minimum atomic E-state index is -0.759. The first-order valence-corrected chi connectivity index (χ1v) is 4.33. The van der Waals surface area contributed by atoms with Crippen LogP contribution < -0.4 is 0 Å². The van der Waals surface area contributed by atoms with E-state index >= 15 is 0 Å². The Labute approximate surface area is 71.7 Å². The van der Waals surface area contributed by atoms with Gasteiger partial charge in [-0.1, -0.05) is 12.2 Å². The van der Waals surface area contributed by atoms with Crippen LogP contribution in [0, 0.1) is 0 Å². The average Bonchev–Trinajstić information content (AvgIpc) is 2.40. The van der Waals surface area contributed by atoms with Gasteiger partial charge in [0.1, 0.15) is 6.17 Å². The van der Waals surface area contributed by atoms with E-state index in [-0.39, 0.29) is 12.1 Å². The van der Waals surface area contributed by atoms with Gasteiger partial charge in [0, 0.05) is 19.5 Å². The Hall–Kier alpha value is -0.410. The highest BCUT2D eigenvalue weighted by Gasteiger charge is 2.49. The van der Waals surface area contributed by atoms with Crippen LogP contribution in [0.25, 0.3) is 0 Å². The van der Waals surface area contributed by atoms with Gasteiger partial charge in [0.15, 0.2) is 0 Å². The van der Waals surface area contributed by atoms with Gasteiger partial charge in [-0.25, -0.2) is 4.39 Å². The number of aliphatic hydroxyl groups excluding tert-OH is 1. The van der Waals surface area contributed by atoms with Gasteiger partial charge in [-0.2, -0.15) is 0 Å². The van der Waals surface area contributed by atoms with E-state index < -0.39 is 6.17 Å². The summed E-state index contributed by atoms with van der Waals surface area (Å²) in [5, 5.41) is 9.21. The number of halogens is 1. The molecule has 2 saturated heterocycles. The van der Waals surface area contributed by atoms with E-state index in [0.717, 1.165) is 18.5 Å². The topological polar surface area (TPSA) is 23.5 Å². The van der Waals surface area contributed by atoms with Crippen LogP contribution >= 0.6 is 0 Å². The molecule has 2 aliphatic rings. The minimum absolute atomic E-state index is 0.0619. The van der Waals surface area contributed by atoms with Gasteiger partial charge >= 0.3 is 0 Å². The van der Waals surface area contributed by atoms with Crippen LogP contribution in [0.15, 0.2) is 12.2 Å². The molecule has 2 aliphatic heterocycles. The molecule has 1 N–H and O–H groups in total. The van der Waals surface area contributed by atoms with Crippen molar-refractivity contribution in [2.24, 2.45) is 0 Å². The summed E-state index contributed by atoms with van der Waals surface area (Å²) in [6.07, 6.45) is 0.483. The lowest BCUT2D eigenvalue weighted by molar-refractivity contribution is 0.0997. The van der Waals surface area contributed by atoms with Crippen molar-refractivity contribution in [3.05, 3.63) is 12.2 Å². The first-order valence-electron chi connectivity index (χ1n) is 4.33. The summed E-state index contributed by atoms with van der Waals surface area (Å²) in [7, 11) is 0. The molecule has 0 bridgehead atoms. The van der Waals surface area contributed by atoms with Crippen LogP contribution in [-0.2, 0) is 0 Å². The SMILES string of the molecule is C=C1CN2CC(F)C[C@]2(CO)C1. The third-order valence-electron chi connectivity index (χ3n) is 2.98. The highest BCUT2D eigenvalue weighted by molar-refractivity contribution is 5.18.